The Labute approximate surface area is 397 Å². The summed E-state index contributed by atoms with van der Waals surface area (Å²) in [6.45, 7) is 7.24. The quantitative estimate of drug-likeness (QED) is 0.115. The molecule has 2 aromatic heterocycles. The largest absolute Gasteiger partial charge is 0.487 e. The number of methoxy groups -OCH3 is 1. The van der Waals surface area contributed by atoms with Crippen LogP contribution in [0.15, 0.2) is 30.6 Å². The Hall–Kier alpha value is -7.75. The summed E-state index contributed by atoms with van der Waals surface area (Å²) >= 11 is 0. The highest BCUT2D eigenvalue weighted by atomic mass is 16.7. The van der Waals surface area contributed by atoms with Crippen LogP contribution in [0.1, 0.15) is 89.6 Å². The molecule has 0 spiro atoms. The number of carbonyl (C=O) groups is 9. The first kappa shape index (κ1) is 53.2. The molecule has 1 aromatic carbocycles. The number of aromatic nitrogens is 6. The Morgan fingerprint density at radius 2 is 0.829 bits per heavy atom. The first-order valence-corrected chi connectivity index (χ1v) is 21.0. The fraction of sp³-hybridized carbons (Fsp3) is 0.548. The van der Waals surface area contributed by atoms with Gasteiger partial charge in [0.25, 0.3) is 0 Å². The summed E-state index contributed by atoms with van der Waals surface area (Å²) in [5.41, 5.74) is 0.299. The molecule has 28 heteroatoms. The highest BCUT2D eigenvalue weighted by Gasteiger charge is 2.55. The molecule has 380 valence electrons. The molecule has 10 atom stereocenters. The number of esters is 9. The van der Waals surface area contributed by atoms with Crippen LogP contribution in [0.4, 0.5) is 0 Å². The predicted molar refractivity (Wildman–Crippen MR) is 221 cm³/mol. The lowest BCUT2D eigenvalue weighted by Crippen LogP contribution is -2.60. The van der Waals surface area contributed by atoms with Crippen molar-refractivity contribution in [2.24, 2.45) is 0 Å². The Morgan fingerprint density at radius 1 is 0.486 bits per heavy atom. The van der Waals surface area contributed by atoms with E-state index in [9.17, 15) is 43.2 Å². The normalized spacial score (nSPS) is 23.8. The van der Waals surface area contributed by atoms with E-state index < -0.39 is 128 Å². The molecule has 28 nitrogen and oxygen atoms in total. The van der Waals surface area contributed by atoms with Gasteiger partial charge in [0, 0.05) is 61.5 Å². The van der Waals surface area contributed by atoms with Crippen molar-refractivity contribution >= 4 is 53.7 Å². The van der Waals surface area contributed by atoms with Gasteiger partial charge >= 0.3 is 53.7 Å². The molecule has 2 saturated heterocycles. The smallest absolute Gasteiger partial charge is 0.338 e. The molecule has 0 amide bonds. The zero-order valence-electron chi connectivity index (χ0n) is 39.2. The van der Waals surface area contributed by atoms with Gasteiger partial charge in [-0.2, -0.15) is 0 Å². The molecule has 0 saturated carbocycles. The molecule has 0 bridgehead atoms. The van der Waals surface area contributed by atoms with Crippen LogP contribution >= 0.6 is 0 Å². The lowest BCUT2D eigenvalue weighted by molar-refractivity contribution is -0.270. The number of nitrogens with zero attached hydrogens (tertiary/aromatic N) is 6. The highest BCUT2D eigenvalue weighted by Crippen LogP contribution is 2.36. The second-order valence-electron chi connectivity index (χ2n) is 15.3. The predicted octanol–water partition coefficient (Wildman–Crippen LogP) is 0.325. The molecule has 0 N–H and O–H groups in total. The zero-order chi connectivity index (χ0) is 51.4. The van der Waals surface area contributed by atoms with E-state index in [0.29, 0.717) is 0 Å². The van der Waals surface area contributed by atoms with Crippen LogP contribution in [0.25, 0.3) is 0 Å². The molecule has 2 fully saturated rings. The lowest BCUT2D eigenvalue weighted by Gasteiger charge is -2.44. The first-order valence-electron chi connectivity index (χ1n) is 21.0. The second kappa shape index (κ2) is 24.0. The molecule has 70 heavy (non-hydrogen) atoms. The number of hydrogen-bond acceptors (Lipinski definition) is 26. The zero-order valence-corrected chi connectivity index (χ0v) is 39.2. The first-order chi connectivity index (χ1) is 33.1. The molecule has 4 heterocycles. The van der Waals surface area contributed by atoms with Crippen LogP contribution in [-0.4, -0.2) is 153 Å². The van der Waals surface area contributed by atoms with Crippen molar-refractivity contribution in [2.45, 2.75) is 130 Å². The Morgan fingerprint density at radius 3 is 1.16 bits per heavy atom. The van der Waals surface area contributed by atoms with Crippen LogP contribution in [0.5, 0.6) is 11.5 Å². The molecule has 5 rings (SSSR count). The van der Waals surface area contributed by atoms with Gasteiger partial charge in [-0.1, -0.05) is 10.4 Å². The van der Waals surface area contributed by atoms with E-state index in [1.54, 1.807) is 0 Å². The second-order valence-corrected chi connectivity index (χ2v) is 15.3. The van der Waals surface area contributed by atoms with Gasteiger partial charge in [-0.05, 0) is 12.1 Å². The minimum atomic E-state index is -1.47. The van der Waals surface area contributed by atoms with Crippen molar-refractivity contribution in [3.05, 3.63) is 47.5 Å². The molecule has 2 aliphatic heterocycles. The molecule has 0 aliphatic carbocycles. The summed E-state index contributed by atoms with van der Waals surface area (Å²) in [4.78, 5) is 110. The van der Waals surface area contributed by atoms with E-state index in [1.165, 1.54) is 30.6 Å². The maximum Gasteiger partial charge on any atom is 0.338 e. The van der Waals surface area contributed by atoms with Crippen molar-refractivity contribution in [1.82, 2.24) is 30.0 Å². The van der Waals surface area contributed by atoms with Gasteiger partial charge < -0.3 is 61.6 Å². The van der Waals surface area contributed by atoms with Gasteiger partial charge in [-0.3, -0.25) is 38.4 Å². The molecule has 2 aliphatic rings. The van der Waals surface area contributed by atoms with Crippen LogP contribution < -0.4 is 9.47 Å². The summed E-state index contributed by atoms with van der Waals surface area (Å²) in [5.74, 6) is -6.94. The van der Waals surface area contributed by atoms with E-state index >= 15 is 0 Å². The Bertz CT molecular complexity index is 2270. The third kappa shape index (κ3) is 14.6. The molecular weight excluding hydrogens is 940 g/mol. The third-order valence-corrected chi connectivity index (χ3v) is 9.64. The highest BCUT2D eigenvalue weighted by molar-refractivity contribution is 5.90. The van der Waals surface area contributed by atoms with Gasteiger partial charge in [-0.15, -0.1) is 10.2 Å². The van der Waals surface area contributed by atoms with Gasteiger partial charge in [0.1, 0.15) is 61.5 Å². The summed E-state index contributed by atoms with van der Waals surface area (Å²) < 4.78 is 74.5. The SMILES string of the molecule is COC(=O)c1cc(OCc2cn([C@@H]3O[C@H](COC(C)=O)[C@H](OC(C)=O)[C@H](OC(C)=O)[C@H]3OC(C)=O)nn2)cc(OCc2cn([C@@H]3O[C@H](COC(C)=O)[C@H](OC(C)=O)[C@H](OC(C)=O)[C@H]3OC(C)=O)nn2)c1. The maximum absolute atomic E-state index is 12.8. The average Bonchev–Trinajstić information content (AvgIpc) is 3.95. The van der Waals surface area contributed by atoms with E-state index in [1.807, 2.05) is 0 Å². The van der Waals surface area contributed by atoms with Crippen molar-refractivity contribution in [2.75, 3.05) is 20.3 Å². The van der Waals surface area contributed by atoms with Gasteiger partial charge in [0.2, 0.25) is 0 Å². The van der Waals surface area contributed by atoms with E-state index in [-0.39, 0.29) is 41.7 Å². The monoisotopic (exact) mass is 990 g/mol. The van der Waals surface area contributed by atoms with Crippen molar-refractivity contribution in [3.8, 4) is 11.5 Å². The topological polar surface area (TPSA) is 335 Å². The average molecular weight is 991 g/mol. The van der Waals surface area contributed by atoms with Crippen molar-refractivity contribution in [3.63, 3.8) is 0 Å². The van der Waals surface area contributed by atoms with Crippen molar-refractivity contribution in [1.29, 1.82) is 0 Å². The van der Waals surface area contributed by atoms with Gasteiger partial charge in [0.05, 0.1) is 25.1 Å². The summed E-state index contributed by atoms with van der Waals surface area (Å²) in [6, 6.07) is 4.12. The Balaban J connectivity index is 1.37. The van der Waals surface area contributed by atoms with Gasteiger partial charge in [0.15, 0.2) is 49.1 Å². The number of rotatable bonds is 19. The summed E-state index contributed by atoms with van der Waals surface area (Å²) in [7, 11) is 1.16. The summed E-state index contributed by atoms with van der Waals surface area (Å²) in [5, 5.41) is 16.4. The third-order valence-electron chi connectivity index (χ3n) is 9.64. The minimum Gasteiger partial charge on any atom is -0.487 e. The number of benzene rings is 1. The number of ether oxygens (including phenoxy) is 13. The van der Waals surface area contributed by atoms with E-state index in [2.05, 4.69) is 20.6 Å². The standard InChI is InChI=1S/C42H50N6O22/c1-19(49)59-17-32-34(63-21(3)51)36(65-23(5)53)38(67-25(7)55)40(69-32)47-13-28(43-45-47)15-61-30-10-27(42(57)58-9)11-31(12-30)62-16-29-14-48(46-44-29)41-39(68-26(8)56)37(66-24(6)54)35(64-22(4)52)33(70-41)18-60-20(2)50/h10-14,32-41H,15-18H2,1-9H3/t32-,33-,34+,35+,36+,37+,38-,39-,40-,41-/m1/s1. The van der Waals surface area contributed by atoms with Gasteiger partial charge in [-0.25, -0.2) is 14.2 Å². The van der Waals surface area contributed by atoms with Crippen LogP contribution in [0.3, 0.4) is 0 Å². The minimum absolute atomic E-state index is 0.00250. The van der Waals surface area contributed by atoms with Crippen LogP contribution in [0.2, 0.25) is 0 Å². The fourth-order valence-electron chi connectivity index (χ4n) is 7.13. The molecular formula is C42H50N6O22. The number of carbonyl (C=O) groups excluding carboxylic acids is 9. The molecule has 3 aromatic rings. The fourth-order valence-corrected chi connectivity index (χ4v) is 7.13. The van der Waals surface area contributed by atoms with E-state index in [0.717, 1.165) is 71.9 Å². The summed E-state index contributed by atoms with van der Waals surface area (Å²) in [6.07, 6.45) is -11.3. The Kier molecular flexibility index (Phi) is 18.2. The van der Waals surface area contributed by atoms with Crippen LogP contribution in [-0.2, 0) is 104 Å². The van der Waals surface area contributed by atoms with Crippen molar-refractivity contribution < 1.29 is 105 Å². The van der Waals surface area contributed by atoms with E-state index in [4.69, 9.17) is 61.6 Å². The van der Waals surface area contributed by atoms with Crippen LogP contribution in [0, 0.1) is 0 Å². The number of hydrogen-bond donors (Lipinski definition) is 0. The lowest BCUT2D eigenvalue weighted by atomic mass is 9.97. The molecule has 0 radical (unpaired) electrons. The molecule has 0 unspecified atom stereocenters. The maximum atomic E-state index is 12.8.